The lowest BCUT2D eigenvalue weighted by Gasteiger charge is -2.36. The molecule has 118 valence electrons. The van der Waals surface area contributed by atoms with E-state index >= 15 is 0 Å². The maximum Gasteiger partial charge on any atom is 0.158 e. The number of halogens is 1. The van der Waals surface area contributed by atoms with Crippen LogP contribution in [0.2, 0.25) is 5.15 Å². The van der Waals surface area contributed by atoms with Crippen molar-refractivity contribution < 1.29 is 9.84 Å². The average molecular weight is 314 g/mol. The molecule has 2 rings (SSSR count). The van der Waals surface area contributed by atoms with Gasteiger partial charge in [-0.15, -0.1) is 0 Å². The summed E-state index contributed by atoms with van der Waals surface area (Å²) in [5, 5.41) is 14.2. The number of rotatable bonds is 6. The number of nitrogens with one attached hydrogen (secondary N) is 1. The van der Waals surface area contributed by atoms with Crippen LogP contribution in [0.4, 0.5) is 5.82 Å². The summed E-state index contributed by atoms with van der Waals surface area (Å²) in [6.07, 6.45) is 5.05. The fourth-order valence-corrected chi connectivity index (χ4v) is 3.00. The number of aliphatic hydroxyl groups is 1. The van der Waals surface area contributed by atoms with Crippen molar-refractivity contribution in [1.29, 1.82) is 0 Å². The van der Waals surface area contributed by atoms with Gasteiger partial charge in [0.05, 0.1) is 5.60 Å². The van der Waals surface area contributed by atoms with Gasteiger partial charge in [-0.25, -0.2) is 9.97 Å². The molecule has 21 heavy (non-hydrogen) atoms. The zero-order chi connectivity index (χ0) is 15.3. The van der Waals surface area contributed by atoms with E-state index in [0.29, 0.717) is 29.9 Å². The monoisotopic (exact) mass is 313 g/mol. The van der Waals surface area contributed by atoms with Crippen molar-refractivity contribution in [2.24, 2.45) is 5.92 Å². The van der Waals surface area contributed by atoms with Gasteiger partial charge in [-0.05, 0) is 31.6 Å². The second kappa shape index (κ2) is 7.38. The lowest BCUT2D eigenvalue weighted by Crippen LogP contribution is -2.40. The molecule has 5 nitrogen and oxygen atoms in total. The molecule has 1 saturated carbocycles. The number of hydrogen-bond acceptors (Lipinski definition) is 5. The van der Waals surface area contributed by atoms with Crippen molar-refractivity contribution >= 4 is 17.4 Å². The number of aromatic nitrogens is 2. The Morgan fingerprint density at radius 2 is 2.14 bits per heavy atom. The predicted octanol–water partition coefficient (Wildman–Crippen LogP) is 3.02. The summed E-state index contributed by atoms with van der Waals surface area (Å²) in [4.78, 5) is 8.41. The lowest BCUT2D eigenvalue weighted by atomic mass is 9.78. The molecule has 0 atom stereocenters. The molecule has 0 saturated heterocycles. The first kappa shape index (κ1) is 16.5. The Labute approximate surface area is 131 Å². The Morgan fingerprint density at radius 3 is 2.76 bits per heavy atom. The number of methoxy groups -OCH3 is 1. The molecule has 0 bridgehead atoms. The summed E-state index contributed by atoms with van der Waals surface area (Å²) in [6, 6.07) is 1.67. The van der Waals surface area contributed by atoms with Gasteiger partial charge >= 0.3 is 0 Å². The highest BCUT2D eigenvalue weighted by Gasteiger charge is 2.32. The van der Waals surface area contributed by atoms with Crippen LogP contribution in [0.15, 0.2) is 6.07 Å². The summed E-state index contributed by atoms with van der Waals surface area (Å²) in [6.45, 7) is 3.02. The third-order valence-corrected chi connectivity index (χ3v) is 4.42. The molecule has 0 unspecified atom stereocenters. The molecule has 0 radical (unpaired) electrons. The first-order valence-corrected chi connectivity index (χ1v) is 7.91. The van der Waals surface area contributed by atoms with Crippen LogP contribution in [0.3, 0.4) is 0 Å². The predicted molar refractivity (Wildman–Crippen MR) is 83.4 cm³/mol. The first-order valence-electron chi connectivity index (χ1n) is 7.53. The topological polar surface area (TPSA) is 67.3 Å². The first-order chi connectivity index (χ1) is 10.0. The third kappa shape index (κ3) is 4.80. The van der Waals surface area contributed by atoms with E-state index in [4.69, 9.17) is 16.3 Å². The van der Waals surface area contributed by atoms with Crippen molar-refractivity contribution in [2.75, 3.05) is 19.0 Å². The normalized spacial score (nSPS) is 25.8. The van der Waals surface area contributed by atoms with Gasteiger partial charge in [-0.1, -0.05) is 24.9 Å². The van der Waals surface area contributed by atoms with Gasteiger partial charge in [0, 0.05) is 19.7 Å². The van der Waals surface area contributed by atoms with Crippen LogP contribution in [0, 0.1) is 5.92 Å². The largest absolute Gasteiger partial charge is 0.388 e. The summed E-state index contributed by atoms with van der Waals surface area (Å²) in [5.74, 6) is 1.93. The standard InChI is InChI=1S/C15H24ClN3O2/c1-3-11-4-6-15(20,7-5-11)10-17-13-8-12(16)18-14(19-13)9-21-2/h8,11,20H,3-7,9-10H2,1-2H3,(H,17,18,19). The SMILES string of the molecule is CCC1CCC(O)(CNc2cc(Cl)nc(COC)n2)CC1. The number of hydrogen-bond donors (Lipinski definition) is 2. The highest BCUT2D eigenvalue weighted by molar-refractivity contribution is 6.29. The molecule has 1 heterocycles. The molecule has 1 aromatic heterocycles. The van der Waals surface area contributed by atoms with Crippen LogP contribution < -0.4 is 5.32 Å². The van der Waals surface area contributed by atoms with Crippen LogP contribution in [0.1, 0.15) is 44.9 Å². The summed E-state index contributed by atoms with van der Waals surface area (Å²) >= 11 is 5.97. The smallest absolute Gasteiger partial charge is 0.158 e. The van der Waals surface area contributed by atoms with Crippen LogP contribution in [-0.4, -0.2) is 34.3 Å². The van der Waals surface area contributed by atoms with E-state index in [9.17, 15) is 5.11 Å². The summed E-state index contributed by atoms with van der Waals surface area (Å²) in [5.41, 5.74) is -0.648. The quantitative estimate of drug-likeness (QED) is 0.790. The van der Waals surface area contributed by atoms with Crippen molar-refractivity contribution in [2.45, 2.75) is 51.2 Å². The Hall–Kier alpha value is -0.910. The molecule has 0 amide bonds. The van der Waals surface area contributed by atoms with Crippen molar-refractivity contribution in [3.8, 4) is 0 Å². The van der Waals surface area contributed by atoms with E-state index in [1.54, 1.807) is 13.2 Å². The van der Waals surface area contributed by atoms with Gasteiger partial charge in [0.25, 0.3) is 0 Å². The second-order valence-corrected chi connectivity index (χ2v) is 6.24. The Balaban J connectivity index is 1.93. The minimum absolute atomic E-state index is 0.317. The lowest BCUT2D eigenvalue weighted by molar-refractivity contribution is 0.00222. The average Bonchev–Trinajstić information content (AvgIpc) is 2.46. The minimum Gasteiger partial charge on any atom is -0.388 e. The number of anilines is 1. The Morgan fingerprint density at radius 1 is 1.43 bits per heavy atom. The van der Waals surface area contributed by atoms with Gasteiger partial charge in [0.15, 0.2) is 5.82 Å². The highest BCUT2D eigenvalue weighted by Crippen LogP contribution is 2.33. The molecule has 0 aliphatic heterocycles. The van der Waals surface area contributed by atoms with E-state index in [-0.39, 0.29) is 0 Å². The van der Waals surface area contributed by atoms with Gasteiger partial charge < -0.3 is 15.2 Å². The zero-order valence-electron chi connectivity index (χ0n) is 12.7. The molecule has 1 aliphatic rings. The third-order valence-electron chi connectivity index (χ3n) is 4.23. The number of ether oxygens (including phenoxy) is 1. The second-order valence-electron chi connectivity index (χ2n) is 5.85. The highest BCUT2D eigenvalue weighted by atomic mass is 35.5. The van der Waals surface area contributed by atoms with E-state index in [0.717, 1.165) is 31.6 Å². The molecule has 6 heteroatoms. The summed E-state index contributed by atoms with van der Waals surface area (Å²) in [7, 11) is 1.59. The fourth-order valence-electron chi connectivity index (χ4n) is 2.80. The van der Waals surface area contributed by atoms with Gasteiger partial charge in [-0.2, -0.15) is 0 Å². The van der Waals surface area contributed by atoms with Crippen molar-refractivity contribution in [3.63, 3.8) is 0 Å². The van der Waals surface area contributed by atoms with E-state index in [1.807, 2.05) is 0 Å². The van der Waals surface area contributed by atoms with Crippen LogP contribution >= 0.6 is 11.6 Å². The van der Waals surface area contributed by atoms with E-state index in [1.165, 1.54) is 6.42 Å². The zero-order valence-corrected chi connectivity index (χ0v) is 13.5. The van der Waals surface area contributed by atoms with E-state index in [2.05, 4.69) is 22.2 Å². The van der Waals surface area contributed by atoms with Gasteiger partial charge in [0.2, 0.25) is 0 Å². The maximum atomic E-state index is 10.6. The molecular formula is C15H24ClN3O2. The van der Waals surface area contributed by atoms with Crippen LogP contribution in [0.25, 0.3) is 0 Å². The molecular weight excluding hydrogens is 290 g/mol. The van der Waals surface area contributed by atoms with Gasteiger partial charge in [0.1, 0.15) is 17.6 Å². The van der Waals surface area contributed by atoms with Crippen LogP contribution in [-0.2, 0) is 11.3 Å². The minimum atomic E-state index is -0.648. The van der Waals surface area contributed by atoms with Crippen molar-refractivity contribution in [3.05, 3.63) is 17.0 Å². The Kier molecular flexibility index (Phi) is 5.79. The summed E-state index contributed by atoms with van der Waals surface area (Å²) < 4.78 is 5.02. The van der Waals surface area contributed by atoms with Gasteiger partial charge in [-0.3, -0.25) is 0 Å². The van der Waals surface area contributed by atoms with E-state index < -0.39 is 5.60 Å². The maximum absolute atomic E-state index is 10.6. The Bertz CT molecular complexity index is 462. The molecule has 1 aromatic rings. The molecule has 0 aromatic carbocycles. The van der Waals surface area contributed by atoms with Crippen LogP contribution in [0.5, 0.6) is 0 Å². The molecule has 2 N–H and O–H groups in total. The molecule has 1 fully saturated rings. The molecule has 1 aliphatic carbocycles. The molecule has 0 spiro atoms. The van der Waals surface area contributed by atoms with Crippen molar-refractivity contribution in [1.82, 2.24) is 9.97 Å². The fraction of sp³-hybridized carbons (Fsp3) is 0.733. The number of nitrogens with zero attached hydrogens (tertiary/aromatic N) is 2.